The summed E-state index contributed by atoms with van der Waals surface area (Å²) in [6.07, 6.45) is 5.43. The zero-order valence-electron chi connectivity index (χ0n) is 15.7. The number of benzene rings is 1. The first-order valence-electron chi connectivity index (χ1n) is 8.76. The van der Waals surface area contributed by atoms with E-state index in [1.54, 1.807) is 26.7 Å². The molecule has 0 bridgehead atoms. The van der Waals surface area contributed by atoms with Crippen LogP contribution in [-0.4, -0.2) is 37.0 Å². The number of amides is 2. The quantitative estimate of drug-likeness (QED) is 0.702. The van der Waals surface area contributed by atoms with E-state index in [9.17, 15) is 4.79 Å². The van der Waals surface area contributed by atoms with Gasteiger partial charge in [0, 0.05) is 35.9 Å². The maximum Gasteiger partial charge on any atom is 0.323 e. The van der Waals surface area contributed by atoms with Gasteiger partial charge in [-0.3, -0.25) is 10.00 Å². The lowest BCUT2D eigenvalue weighted by atomic mass is 10.2. The smallest absolute Gasteiger partial charge is 0.320 e. The number of carbonyl (C=O) groups is 1. The van der Waals surface area contributed by atoms with E-state index < -0.39 is 0 Å². The fourth-order valence-corrected chi connectivity index (χ4v) is 2.93. The van der Waals surface area contributed by atoms with Crippen LogP contribution in [0.25, 0.3) is 0 Å². The molecule has 0 radical (unpaired) electrons. The lowest BCUT2D eigenvalue weighted by Gasteiger charge is -2.21. The Bertz CT molecular complexity index is 915. The van der Waals surface area contributed by atoms with E-state index in [0.29, 0.717) is 30.5 Å². The standard InChI is InChI=1S/C19H23ClN6O/c1-4-25(12-16-10-21-24(3)11-16)19(27)23-18-14(2)9-22-26(18)13-15-5-7-17(20)8-6-15/h5-11H,4,12-13H2,1-3H3,(H,23,27). The van der Waals surface area contributed by atoms with Gasteiger partial charge in [-0.2, -0.15) is 10.2 Å². The SMILES string of the molecule is CCN(Cc1cnn(C)c1)C(=O)Nc1c(C)cnn1Cc1ccc(Cl)cc1. The van der Waals surface area contributed by atoms with Gasteiger partial charge in [-0.1, -0.05) is 23.7 Å². The van der Waals surface area contributed by atoms with E-state index in [2.05, 4.69) is 15.5 Å². The third-order valence-electron chi connectivity index (χ3n) is 4.29. The van der Waals surface area contributed by atoms with Crippen LogP contribution in [0.4, 0.5) is 10.6 Å². The van der Waals surface area contributed by atoms with Crippen molar-refractivity contribution in [3.63, 3.8) is 0 Å². The maximum absolute atomic E-state index is 12.8. The number of aryl methyl sites for hydroxylation is 2. The fourth-order valence-electron chi connectivity index (χ4n) is 2.81. The Balaban J connectivity index is 1.72. The van der Waals surface area contributed by atoms with Crippen molar-refractivity contribution >= 4 is 23.4 Å². The molecule has 142 valence electrons. The van der Waals surface area contributed by atoms with Crippen LogP contribution in [0.5, 0.6) is 0 Å². The zero-order valence-corrected chi connectivity index (χ0v) is 16.4. The largest absolute Gasteiger partial charge is 0.323 e. The number of aromatic nitrogens is 4. The van der Waals surface area contributed by atoms with Gasteiger partial charge in [-0.15, -0.1) is 0 Å². The summed E-state index contributed by atoms with van der Waals surface area (Å²) in [5.41, 5.74) is 2.95. The first-order chi connectivity index (χ1) is 13.0. The predicted octanol–water partition coefficient (Wildman–Crippen LogP) is 3.68. The van der Waals surface area contributed by atoms with E-state index in [-0.39, 0.29) is 6.03 Å². The second kappa shape index (κ2) is 8.26. The van der Waals surface area contributed by atoms with Gasteiger partial charge < -0.3 is 4.90 Å². The summed E-state index contributed by atoms with van der Waals surface area (Å²) in [5, 5.41) is 12.2. The molecule has 0 spiro atoms. The molecular weight excluding hydrogens is 364 g/mol. The number of anilines is 1. The summed E-state index contributed by atoms with van der Waals surface area (Å²) >= 11 is 5.95. The zero-order chi connectivity index (χ0) is 19.4. The Kier molecular flexibility index (Phi) is 5.81. The van der Waals surface area contributed by atoms with Crippen molar-refractivity contribution in [3.8, 4) is 0 Å². The number of hydrogen-bond acceptors (Lipinski definition) is 3. The molecule has 0 aliphatic heterocycles. The van der Waals surface area contributed by atoms with Crippen LogP contribution in [0.3, 0.4) is 0 Å². The Morgan fingerprint density at radius 1 is 1.19 bits per heavy atom. The van der Waals surface area contributed by atoms with Crippen molar-refractivity contribution in [2.75, 3.05) is 11.9 Å². The van der Waals surface area contributed by atoms with Crippen molar-refractivity contribution in [2.45, 2.75) is 26.9 Å². The molecule has 0 fully saturated rings. The Hall–Kier alpha value is -2.80. The predicted molar refractivity (Wildman–Crippen MR) is 106 cm³/mol. The highest BCUT2D eigenvalue weighted by Crippen LogP contribution is 2.18. The highest BCUT2D eigenvalue weighted by Gasteiger charge is 2.17. The van der Waals surface area contributed by atoms with E-state index in [1.807, 2.05) is 51.4 Å². The third-order valence-corrected chi connectivity index (χ3v) is 4.55. The lowest BCUT2D eigenvalue weighted by molar-refractivity contribution is 0.212. The van der Waals surface area contributed by atoms with Crippen LogP contribution >= 0.6 is 11.6 Å². The van der Waals surface area contributed by atoms with E-state index in [4.69, 9.17) is 11.6 Å². The van der Waals surface area contributed by atoms with Gasteiger partial charge in [0.2, 0.25) is 0 Å². The van der Waals surface area contributed by atoms with Crippen molar-refractivity contribution < 1.29 is 4.79 Å². The summed E-state index contributed by atoms with van der Waals surface area (Å²) in [4.78, 5) is 14.5. The molecule has 1 aromatic carbocycles. The van der Waals surface area contributed by atoms with E-state index in [1.165, 1.54) is 0 Å². The minimum atomic E-state index is -0.165. The molecule has 0 atom stereocenters. The Labute approximate surface area is 163 Å². The van der Waals surface area contributed by atoms with Crippen LogP contribution in [0.1, 0.15) is 23.6 Å². The van der Waals surface area contributed by atoms with Gasteiger partial charge in [0.05, 0.1) is 25.5 Å². The average molecular weight is 387 g/mol. The molecule has 0 saturated carbocycles. The molecule has 0 unspecified atom stereocenters. The molecule has 1 N–H and O–H groups in total. The molecule has 0 saturated heterocycles. The van der Waals surface area contributed by atoms with Crippen LogP contribution < -0.4 is 5.32 Å². The maximum atomic E-state index is 12.8. The first kappa shape index (κ1) is 19.0. The highest BCUT2D eigenvalue weighted by atomic mass is 35.5. The van der Waals surface area contributed by atoms with Gasteiger partial charge in [0.1, 0.15) is 5.82 Å². The van der Waals surface area contributed by atoms with E-state index >= 15 is 0 Å². The van der Waals surface area contributed by atoms with Crippen LogP contribution in [0.2, 0.25) is 5.02 Å². The Morgan fingerprint density at radius 2 is 1.93 bits per heavy atom. The molecule has 2 amide bonds. The Morgan fingerprint density at radius 3 is 2.56 bits per heavy atom. The molecule has 2 aromatic heterocycles. The van der Waals surface area contributed by atoms with E-state index in [0.717, 1.165) is 16.7 Å². The topological polar surface area (TPSA) is 68.0 Å². The summed E-state index contributed by atoms with van der Waals surface area (Å²) in [5.74, 6) is 0.694. The molecule has 2 heterocycles. The summed E-state index contributed by atoms with van der Waals surface area (Å²) in [6, 6.07) is 7.43. The molecule has 7 nitrogen and oxygen atoms in total. The first-order valence-corrected chi connectivity index (χ1v) is 9.14. The molecule has 3 aromatic rings. The number of rotatable bonds is 6. The van der Waals surface area contributed by atoms with Gasteiger partial charge in [0.25, 0.3) is 0 Å². The summed E-state index contributed by atoms with van der Waals surface area (Å²) in [7, 11) is 1.86. The number of nitrogens with zero attached hydrogens (tertiary/aromatic N) is 5. The summed E-state index contributed by atoms with van der Waals surface area (Å²) < 4.78 is 3.51. The molecular formula is C19H23ClN6O. The van der Waals surface area contributed by atoms with Gasteiger partial charge in [0.15, 0.2) is 0 Å². The fraction of sp³-hybridized carbons (Fsp3) is 0.316. The average Bonchev–Trinajstić information content (AvgIpc) is 3.21. The molecule has 0 aliphatic carbocycles. The van der Waals surface area contributed by atoms with Crippen LogP contribution in [0, 0.1) is 6.92 Å². The number of urea groups is 1. The van der Waals surface area contributed by atoms with Crippen LogP contribution in [-0.2, 0) is 20.1 Å². The second-order valence-corrected chi connectivity index (χ2v) is 6.86. The number of halogens is 1. The van der Waals surface area contributed by atoms with Crippen LogP contribution in [0.15, 0.2) is 42.9 Å². The number of hydrogen-bond donors (Lipinski definition) is 1. The van der Waals surface area contributed by atoms with Crippen molar-refractivity contribution in [1.82, 2.24) is 24.5 Å². The van der Waals surface area contributed by atoms with Gasteiger partial charge in [-0.25, -0.2) is 9.48 Å². The van der Waals surface area contributed by atoms with Gasteiger partial charge >= 0.3 is 6.03 Å². The monoisotopic (exact) mass is 386 g/mol. The summed E-state index contributed by atoms with van der Waals surface area (Å²) in [6.45, 7) is 5.52. The molecule has 3 rings (SSSR count). The minimum Gasteiger partial charge on any atom is -0.320 e. The molecule has 27 heavy (non-hydrogen) atoms. The number of carbonyl (C=O) groups excluding carboxylic acids is 1. The second-order valence-electron chi connectivity index (χ2n) is 6.43. The van der Waals surface area contributed by atoms with Crippen molar-refractivity contribution in [1.29, 1.82) is 0 Å². The normalized spacial score (nSPS) is 10.8. The van der Waals surface area contributed by atoms with Gasteiger partial charge in [-0.05, 0) is 31.5 Å². The lowest BCUT2D eigenvalue weighted by Crippen LogP contribution is -2.35. The minimum absolute atomic E-state index is 0.165. The molecule has 8 heteroatoms. The third kappa shape index (κ3) is 4.68. The van der Waals surface area contributed by atoms with Crippen molar-refractivity contribution in [2.24, 2.45) is 7.05 Å². The highest BCUT2D eigenvalue weighted by molar-refractivity contribution is 6.30. The van der Waals surface area contributed by atoms with Crippen molar-refractivity contribution in [3.05, 3.63) is 64.6 Å². The molecule has 0 aliphatic rings. The number of nitrogens with one attached hydrogen (secondary N) is 1.